The number of methoxy groups -OCH3 is 1. The number of carbonyl (C=O) groups excluding carboxylic acids is 4. The number of nitrogens with one attached hydrogen (secondary N) is 2. The van der Waals surface area contributed by atoms with E-state index in [1.165, 1.54) is 18.1 Å². The normalized spacial score (nSPS) is 27.1. The predicted octanol–water partition coefficient (Wildman–Crippen LogP) is 2.12. The Morgan fingerprint density at radius 3 is 2.73 bits per heavy atom. The molecular weight excluding hydrogens is 654 g/mol. The Morgan fingerprint density at radius 2 is 1.98 bits per heavy atom. The molecule has 2 unspecified atom stereocenters. The van der Waals surface area contributed by atoms with Crippen molar-refractivity contribution in [3.8, 4) is 11.5 Å². The SMILES string of the molecule is COc1ccc2c3c1OC1C(OC(=O)N4CCCC[C@@H]4CNC(=O)[C@H](CCCN=C(N)N)CC(=O)[C@H](C)NC(C)=O)=CCC4[C@@H](C2)N(C)CC[C@]314. The summed E-state index contributed by atoms with van der Waals surface area (Å²) in [7, 11) is 3.86. The molecule has 1 aromatic carbocycles. The van der Waals surface area contributed by atoms with Crippen molar-refractivity contribution < 1.29 is 33.4 Å². The number of allylic oxidation sites excluding steroid dienone is 1. The lowest BCUT2D eigenvalue weighted by Crippen LogP contribution is -2.63. The summed E-state index contributed by atoms with van der Waals surface area (Å²) in [6, 6.07) is 3.52. The Morgan fingerprint density at radius 1 is 1.18 bits per heavy atom. The van der Waals surface area contributed by atoms with Gasteiger partial charge in [0.15, 0.2) is 29.3 Å². The molecule has 7 atom stereocenters. The van der Waals surface area contributed by atoms with E-state index in [9.17, 15) is 19.2 Å². The van der Waals surface area contributed by atoms with Crippen LogP contribution in [0.4, 0.5) is 4.79 Å². The third-order valence-electron chi connectivity index (χ3n) is 11.7. The molecule has 14 nitrogen and oxygen atoms in total. The lowest BCUT2D eigenvalue weighted by Gasteiger charge is -2.56. The number of amides is 3. The van der Waals surface area contributed by atoms with Gasteiger partial charge in [-0.05, 0) is 95.5 Å². The molecule has 278 valence electrons. The summed E-state index contributed by atoms with van der Waals surface area (Å²) in [4.78, 5) is 60.2. The molecule has 1 aromatic rings. The van der Waals surface area contributed by atoms with Crippen LogP contribution in [-0.2, 0) is 31.0 Å². The number of Topliss-reactive ketones (excluding diaryl/α,β-unsaturated/α-hetero) is 1. The molecule has 0 radical (unpaired) electrons. The number of benzene rings is 1. The van der Waals surface area contributed by atoms with Gasteiger partial charge < -0.3 is 46.1 Å². The van der Waals surface area contributed by atoms with Crippen molar-refractivity contribution in [1.82, 2.24) is 20.4 Å². The van der Waals surface area contributed by atoms with E-state index in [1.54, 1.807) is 18.9 Å². The fourth-order valence-corrected chi connectivity index (χ4v) is 9.22. The van der Waals surface area contributed by atoms with Crippen LogP contribution >= 0.6 is 0 Å². The zero-order valence-corrected chi connectivity index (χ0v) is 30.2. The van der Waals surface area contributed by atoms with Crippen molar-refractivity contribution in [3.05, 3.63) is 35.1 Å². The number of carbonyl (C=O) groups is 4. The molecular formula is C37H53N7O7. The average molecular weight is 708 g/mol. The van der Waals surface area contributed by atoms with Gasteiger partial charge in [-0.2, -0.15) is 0 Å². The first kappa shape index (κ1) is 36.5. The smallest absolute Gasteiger partial charge is 0.415 e. The van der Waals surface area contributed by atoms with E-state index in [0.717, 1.165) is 44.4 Å². The van der Waals surface area contributed by atoms with Crippen LogP contribution in [0.1, 0.15) is 76.3 Å². The molecule has 6 N–H and O–H groups in total. The van der Waals surface area contributed by atoms with Gasteiger partial charge in [0.25, 0.3) is 0 Å². The quantitative estimate of drug-likeness (QED) is 0.134. The van der Waals surface area contributed by atoms with Gasteiger partial charge in [0, 0.05) is 55.9 Å². The maximum absolute atomic E-state index is 14.0. The first-order valence-corrected chi connectivity index (χ1v) is 18.3. The van der Waals surface area contributed by atoms with Crippen LogP contribution in [0.2, 0.25) is 0 Å². The highest BCUT2D eigenvalue weighted by atomic mass is 16.6. The van der Waals surface area contributed by atoms with Gasteiger partial charge in [-0.25, -0.2) is 4.79 Å². The summed E-state index contributed by atoms with van der Waals surface area (Å²) in [6.45, 7) is 4.93. The van der Waals surface area contributed by atoms with Crippen molar-refractivity contribution in [3.63, 3.8) is 0 Å². The largest absolute Gasteiger partial charge is 0.493 e. The molecule has 5 aliphatic rings. The number of nitrogens with zero attached hydrogens (tertiary/aromatic N) is 3. The van der Waals surface area contributed by atoms with Crippen LogP contribution in [0.3, 0.4) is 0 Å². The molecule has 14 heteroatoms. The second-order valence-electron chi connectivity index (χ2n) is 14.8. The Balaban J connectivity index is 1.14. The number of likely N-dealkylation sites (N-methyl/N-ethyl adjacent to an activating group) is 1. The molecule has 3 amide bonds. The van der Waals surface area contributed by atoms with Crippen molar-refractivity contribution in [1.29, 1.82) is 0 Å². The average Bonchev–Trinajstić information content (AvgIpc) is 3.46. The number of piperidine rings is 2. The van der Waals surface area contributed by atoms with Gasteiger partial charge in [-0.15, -0.1) is 0 Å². The maximum atomic E-state index is 14.0. The second-order valence-corrected chi connectivity index (χ2v) is 14.8. The van der Waals surface area contributed by atoms with E-state index < -0.39 is 24.2 Å². The summed E-state index contributed by atoms with van der Waals surface area (Å²) in [5.74, 6) is 0.811. The van der Waals surface area contributed by atoms with Gasteiger partial charge >= 0.3 is 6.09 Å². The Kier molecular flexibility index (Phi) is 10.8. The molecule has 1 spiro atoms. The van der Waals surface area contributed by atoms with E-state index in [4.69, 9.17) is 25.7 Å². The fourth-order valence-electron chi connectivity index (χ4n) is 9.22. The number of aliphatic imine (C=N–C) groups is 1. The van der Waals surface area contributed by atoms with Crippen LogP contribution in [0.5, 0.6) is 11.5 Å². The Hall–Kier alpha value is -4.33. The summed E-state index contributed by atoms with van der Waals surface area (Å²) in [5.41, 5.74) is 13.1. The Bertz CT molecular complexity index is 1590. The van der Waals surface area contributed by atoms with Crippen molar-refractivity contribution >= 4 is 29.7 Å². The number of likely N-dealkylation sites (tertiary alicyclic amines) is 2. The third kappa shape index (κ3) is 7.11. The van der Waals surface area contributed by atoms with Crippen LogP contribution in [0.15, 0.2) is 29.0 Å². The minimum atomic E-state index is -0.721. The molecule has 0 aromatic heterocycles. The zero-order chi connectivity index (χ0) is 36.4. The lowest BCUT2D eigenvalue weighted by atomic mass is 9.53. The van der Waals surface area contributed by atoms with Crippen molar-refractivity contribution in [2.75, 3.05) is 40.3 Å². The second kappa shape index (κ2) is 15.1. The van der Waals surface area contributed by atoms with E-state index in [0.29, 0.717) is 55.8 Å². The monoisotopic (exact) mass is 707 g/mol. The predicted molar refractivity (Wildman–Crippen MR) is 190 cm³/mol. The van der Waals surface area contributed by atoms with Crippen molar-refractivity contribution in [2.24, 2.45) is 28.3 Å². The number of rotatable bonds is 13. The van der Waals surface area contributed by atoms with E-state index >= 15 is 0 Å². The molecule has 2 aliphatic carbocycles. The molecule has 3 aliphatic heterocycles. The van der Waals surface area contributed by atoms with Gasteiger partial charge in [-0.3, -0.25) is 19.4 Å². The van der Waals surface area contributed by atoms with Gasteiger partial charge in [0.05, 0.1) is 19.2 Å². The van der Waals surface area contributed by atoms with Crippen LogP contribution in [-0.4, -0.2) is 104 Å². The van der Waals surface area contributed by atoms with Crippen molar-refractivity contribution in [2.45, 2.75) is 101 Å². The highest BCUT2D eigenvalue weighted by molar-refractivity contribution is 5.91. The molecule has 51 heavy (non-hydrogen) atoms. The van der Waals surface area contributed by atoms with Crippen LogP contribution in [0, 0.1) is 11.8 Å². The van der Waals surface area contributed by atoms with Gasteiger partial charge in [0.2, 0.25) is 11.8 Å². The summed E-state index contributed by atoms with van der Waals surface area (Å²) >= 11 is 0. The molecule has 6 rings (SSSR count). The van der Waals surface area contributed by atoms with Crippen LogP contribution in [0.25, 0.3) is 0 Å². The first-order chi connectivity index (χ1) is 24.4. The van der Waals surface area contributed by atoms with E-state index in [-0.39, 0.29) is 48.0 Å². The number of nitrogens with two attached hydrogens (primary N) is 2. The minimum absolute atomic E-state index is 0.0399. The zero-order valence-electron chi connectivity index (χ0n) is 30.2. The number of hydrogen-bond acceptors (Lipinski definition) is 9. The standard InChI is InChI=1S/C37H53N7O7/c1-21(42-22(2)45)28(46)19-24(8-7-15-40-35(38)39)34(47)41-20-25-9-5-6-16-44(25)36(48)50-30-13-11-26-27-18-23-10-12-29(49-4)32-31(23)37(26,33(30)51-32)14-17-43(27)3/h10,12-13,21,24-27,33H,5-9,11,14-20H2,1-4H3,(H,41,47)(H,42,45)(H4,38,39,40)/t21-,24+,25+,26?,27+,33?,37-/m0/s1. The molecule has 2 bridgehead atoms. The van der Waals surface area contributed by atoms with Crippen LogP contribution < -0.4 is 31.6 Å². The molecule has 3 heterocycles. The number of ketones is 1. The highest BCUT2D eigenvalue weighted by Crippen LogP contribution is 2.63. The molecule has 2 fully saturated rings. The van der Waals surface area contributed by atoms with E-state index in [2.05, 4.69) is 33.6 Å². The molecule has 0 saturated carbocycles. The van der Waals surface area contributed by atoms with E-state index in [1.807, 2.05) is 12.1 Å². The number of hydrogen-bond donors (Lipinski definition) is 4. The van der Waals surface area contributed by atoms with Gasteiger partial charge in [0.1, 0.15) is 5.76 Å². The highest BCUT2D eigenvalue weighted by Gasteiger charge is 2.65. The topological polar surface area (TPSA) is 191 Å². The molecule has 2 saturated heterocycles. The maximum Gasteiger partial charge on any atom is 0.415 e. The lowest BCUT2D eigenvalue weighted by molar-refractivity contribution is -0.131. The summed E-state index contributed by atoms with van der Waals surface area (Å²) in [6.07, 6.45) is 7.07. The minimum Gasteiger partial charge on any atom is -0.493 e. The third-order valence-corrected chi connectivity index (χ3v) is 11.7. The number of ether oxygens (including phenoxy) is 3. The first-order valence-electron chi connectivity index (χ1n) is 18.3. The fraction of sp³-hybridized carbons (Fsp3) is 0.649. The van der Waals surface area contributed by atoms with Gasteiger partial charge in [-0.1, -0.05) is 6.07 Å². The number of guanidine groups is 1. The summed E-state index contributed by atoms with van der Waals surface area (Å²) < 4.78 is 18.8. The summed E-state index contributed by atoms with van der Waals surface area (Å²) in [5, 5.41) is 5.61. The Labute approximate surface area is 299 Å².